The molecule has 3 aromatic rings. The summed E-state index contributed by atoms with van der Waals surface area (Å²) in [6, 6.07) is 17.7. The molecule has 2 amide bonds. The van der Waals surface area contributed by atoms with Crippen LogP contribution in [-0.4, -0.2) is 51.4 Å². The summed E-state index contributed by atoms with van der Waals surface area (Å²) in [6.45, 7) is 5.51. The molecule has 41 heavy (non-hydrogen) atoms. The summed E-state index contributed by atoms with van der Waals surface area (Å²) in [7, 11) is -2.80. The minimum absolute atomic E-state index is 0.0104. The van der Waals surface area contributed by atoms with Crippen molar-refractivity contribution in [2.24, 2.45) is 0 Å². The van der Waals surface area contributed by atoms with Gasteiger partial charge in [0.15, 0.2) is 0 Å². The summed E-state index contributed by atoms with van der Waals surface area (Å²) in [4.78, 5) is 28.7. The van der Waals surface area contributed by atoms with Gasteiger partial charge in [0.25, 0.3) is 10.0 Å². The van der Waals surface area contributed by atoms with E-state index < -0.39 is 34.3 Å². The molecule has 0 aliphatic rings. The fourth-order valence-corrected chi connectivity index (χ4v) is 5.82. The first-order chi connectivity index (χ1) is 19.6. The number of halogens is 1. The third-order valence-electron chi connectivity index (χ3n) is 6.72. The number of nitrogens with zero attached hydrogens (tertiary/aromatic N) is 2. The van der Waals surface area contributed by atoms with Crippen LogP contribution < -0.4 is 14.4 Å². The summed E-state index contributed by atoms with van der Waals surface area (Å²) >= 11 is 0. The van der Waals surface area contributed by atoms with Crippen molar-refractivity contribution in [3.8, 4) is 5.75 Å². The number of methoxy groups -OCH3 is 1. The Balaban J connectivity index is 2.06. The van der Waals surface area contributed by atoms with E-state index >= 15 is 0 Å². The van der Waals surface area contributed by atoms with Crippen LogP contribution in [0.1, 0.15) is 44.2 Å². The van der Waals surface area contributed by atoms with Gasteiger partial charge in [-0.25, -0.2) is 12.8 Å². The number of ether oxygens (including phenoxy) is 1. The number of hydrogen-bond donors (Lipinski definition) is 1. The van der Waals surface area contributed by atoms with Crippen LogP contribution in [0.15, 0.2) is 77.7 Å². The molecule has 10 heteroatoms. The minimum Gasteiger partial charge on any atom is -0.495 e. The number of sulfonamides is 1. The monoisotopic (exact) mass is 583 g/mol. The van der Waals surface area contributed by atoms with Gasteiger partial charge in [0, 0.05) is 13.1 Å². The predicted molar refractivity (Wildman–Crippen MR) is 158 cm³/mol. The number of hydrogen-bond acceptors (Lipinski definition) is 5. The molecule has 1 unspecified atom stereocenters. The van der Waals surface area contributed by atoms with E-state index in [1.807, 2.05) is 13.8 Å². The molecule has 0 saturated carbocycles. The Morgan fingerprint density at radius 1 is 0.976 bits per heavy atom. The molecule has 3 aromatic carbocycles. The molecule has 0 aliphatic heterocycles. The standard InChI is InChI=1S/C31H38FN3O5S/c1-5-7-20-33-31(37)27(6-2)34(21-24-14-16-25(32)17-15-24)30(36)22-35(28-10-8-9-11-29(28)40-4)41(38,39)26-18-12-23(3)13-19-26/h8-19,27H,5-7,20-22H2,1-4H3,(H,33,37). The molecule has 0 radical (unpaired) electrons. The van der Waals surface area contributed by atoms with E-state index in [1.54, 1.807) is 55.5 Å². The van der Waals surface area contributed by atoms with Gasteiger partial charge in [-0.3, -0.25) is 13.9 Å². The number of benzene rings is 3. The molecule has 0 spiro atoms. The lowest BCUT2D eigenvalue weighted by Gasteiger charge is -2.33. The maximum absolute atomic E-state index is 14.1. The molecular weight excluding hydrogens is 545 g/mol. The first-order valence-corrected chi connectivity index (χ1v) is 15.1. The lowest BCUT2D eigenvalue weighted by molar-refractivity contribution is -0.140. The zero-order chi connectivity index (χ0) is 30.0. The summed E-state index contributed by atoms with van der Waals surface area (Å²) in [6.07, 6.45) is 1.97. The van der Waals surface area contributed by atoms with Gasteiger partial charge < -0.3 is 15.0 Å². The Labute approximate surface area is 242 Å². The highest BCUT2D eigenvalue weighted by Crippen LogP contribution is 2.32. The van der Waals surface area contributed by atoms with Crippen molar-refractivity contribution in [2.45, 2.75) is 57.5 Å². The van der Waals surface area contributed by atoms with Crippen LogP contribution in [0.3, 0.4) is 0 Å². The molecule has 0 bridgehead atoms. The van der Waals surface area contributed by atoms with Gasteiger partial charge in [0.2, 0.25) is 11.8 Å². The lowest BCUT2D eigenvalue weighted by Crippen LogP contribution is -2.52. The van der Waals surface area contributed by atoms with Crippen LogP contribution in [0, 0.1) is 12.7 Å². The van der Waals surface area contributed by atoms with Crippen molar-refractivity contribution in [3.63, 3.8) is 0 Å². The number of nitrogens with one attached hydrogen (secondary N) is 1. The fraction of sp³-hybridized carbons (Fsp3) is 0.355. The Morgan fingerprint density at radius 2 is 1.63 bits per heavy atom. The highest BCUT2D eigenvalue weighted by Gasteiger charge is 2.34. The quantitative estimate of drug-likeness (QED) is 0.268. The van der Waals surface area contributed by atoms with Gasteiger partial charge in [0.1, 0.15) is 24.2 Å². The maximum Gasteiger partial charge on any atom is 0.264 e. The highest BCUT2D eigenvalue weighted by molar-refractivity contribution is 7.92. The zero-order valence-electron chi connectivity index (χ0n) is 24.0. The molecule has 0 fully saturated rings. The van der Waals surface area contributed by atoms with Crippen molar-refractivity contribution in [3.05, 3.63) is 89.7 Å². The van der Waals surface area contributed by atoms with Gasteiger partial charge in [-0.1, -0.05) is 62.2 Å². The molecular formula is C31H38FN3O5S. The SMILES string of the molecule is CCCCNC(=O)C(CC)N(Cc1ccc(F)cc1)C(=O)CN(c1ccccc1OC)S(=O)(=O)c1ccc(C)cc1. The van der Waals surface area contributed by atoms with Crippen molar-refractivity contribution in [2.75, 3.05) is 24.5 Å². The second-order valence-corrected chi connectivity index (χ2v) is 11.6. The van der Waals surface area contributed by atoms with Gasteiger partial charge in [-0.15, -0.1) is 0 Å². The van der Waals surface area contributed by atoms with E-state index in [2.05, 4.69) is 5.32 Å². The van der Waals surface area contributed by atoms with E-state index in [0.717, 1.165) is 22.7 Å². The summed E-state index contributed by atoms with van der Waals surface area (Å²) in [5.41, 5.74) is 1.67. The predicted octanol–water partition coefficient (Wildman–Crippen LogP) is 5.06. The van der Waals surface area contributed by atoms with E-state index in [1.165, 1.54) is 36.3 Å². The number of amides is 2. The molecule has 0 heterocycles. The number of para-hydroxylation sites is 2. The van der Waals surface area contributed by atoms with Crippen LogP contribution in [-0.2, 0) is 26.2 Å². The van der Waals surface area contributed by atoms with E-state index in [4.69, 9.17) is 4.74 Å². The van der Waals surface area contributed by atoms with Gasteiger partial charge >= 0.3 is 0 Å². The van der Waals surface area contributed by atoms with Gasteiger partial charge in [-0.2, -0.15) is 0 Å². The topological polar surface area (TPSA) is 96.0 Å². The smallest absolute Gasteiger partial charge is 0.264 e. The van der Waals surface area contributed by atoms with Gasteiger partial charge in [-0.05, 0) is 61.7 Å². The average Bonchev–Trinajstić information content (AvgIpc) is 2.97. The maximum atomic E-state index is 14.1. The zero-order valence-corrected chi connectivity index (χ0v) is 24.8. The van der Waals surface area contributed by atoms with Crippen molar-refractivity contribution < 1.29 is 27.1 Å². The molecule has 1 atom stereocenters. The third-order valence-corrected chi connectivity index (χ3v) is 8.50. The molecule has 3 rings (SSSR count). The molecule has 0 saturated heterocycles. The summed E-state index contributed by atoms with van der Waals surface area (Å²) in [5.74, 6) is -1.08. The number of rotatable bonds is 14. The van der Waals surface area contributed by atoms with Crippen LogP contribution in [0.25, 0.3) is 0 Å². The minimum atomic E-state index is -4.23. The van der Waals surface area contributed by atoms with Crippen LogP contribution in [0.4, 0.5) is 10.1 Å². The van der Waals surface area contributed by atoms with E-state index in [-0.39, 0.29) is 28.8 Å². The molecule has 8 nitrogen and oxygen atoms in total. The average molecular weight is 584 g/mol. The first-order valence-electron chi connectivity index (χ1n) is 13.7. The first kappa shape index (κ1) is 31.6. The molecule has 220 valence electrons. The second kappa shape index (κ2) is 14.6. The van der Waals surface area contributed by atoms with Crippen LogP contribution >= 0.6 is 0 Å². The number of aryl methyl sites for hydroxylation is 1. The van der Waals surface area contributed by atoms with Crippen molar-refractivity contribution >= 4 is 27.5 Å². The Hall–Kier alpha value is -3.92. The van der Waals surface area contributed by atoms with Gasteiger partial charge in [0.05, 0.1) is 17.7 Å². The van der Waals surface area contributed by atoms with Crippen molar-refractivity contribution in [1.82, 2.24) is 10.2 Å². The lowest BCUT2D eigenvalue weighted by atomic mass is 10.1. The second-order valence-electron chi connectivity index (χ2n) is 9.71. The Kier molecular flexibility index (Phi) is 11.3. The highest BCUT2D eigenvalue weighted by atomic mass is 32.2. The summed E-state index contributed by atoms with van der Waals surface area (Å²) in [5, 5.41) is 2.88. The van der Waals surface area contributed by atoms with Crippen LogP contribution in [0.2, 0.25) is 0 Å². The normalized spacial score (nSPS) is 11.9. The Bertz CT molecular complexity index is 1410. The molecule has 0 aliphatic carbocycles. The number of carbonyl (C=O) groups excluding carboxylic acids is 2. The number of carbonyl (C=O) groups is 2. The van der Waals surface area contributed by atoms with E-state index in [0.29, 0.717) is 18.5 Å². The number of unbranched alkanes of at least 4 members (excludes halogenated alkanes) is 1. The molecule has 1 N–H and O–H groups in total. The van der Waals surface area contributed by atoms with Crippen LogP contribution in [0.5, 0.6) is 5.75 Å². The van der Waals surface area contributed by atoms with Crippen molar-refractivity contribution in [1.29, 1.82) is 0 Å². The largest absolute Gasteiger partial charge is 0.495 e. The number of anilines is 1. The third kappa shape index (κ3) is 8.07. The van der Waals surface area contributed by atoms with E-state index in [9.17, 15) is 22.4 Å². The fourth-order valence-electron chi connectivity index (χ4n) is 4.40. The Morgan fingerprint density at radius 3 is 2.24 bits per heavy atom. The molecule has 0 aromatic heterocycles. The summed E-state index contributed by atoms with van der Waals surface area (Å²) < 4.78 is 48.1.